The molecular formula is C47H72O15. The maximum atomic E-state index is 14.4. The maximum absolute atomic E-state index is 14.4. The zero-order chi connectivity index (χ0) is 44.9. The van der Waals surface area contributed by atoms with E-state index in [0.29, 0.717) is 25.7 Å². The normalized spacial score (nSPS) is 51.2. The molecule has 0 unspecified atom stereocenters. The van der Waals surface area contributed by atoms with Crippen LogP contribution in [0.5, 0.6) is 0 Å². The zero-order valence-electron chi connectivity index (χ0n) is 38.1. The molecule has 62 heavy (non-hydrogen) atoms. The number of methoxy groups -OCH3 is 2. The molecule has 1 spiro atoms. The second-order valence-electron chi connectivity index (χ2n) is 19.4. The summed E-state index contributed by atoms with van der Waals surface area (Å²) in [5.41, 5.74) is -3.51. The van der Waals surface area contributed by atoms with Crippen LogP contribution in [0.2, 0.25) is 0 Å². The molecule has 1 aliphatic carbocycles. The van der Waals surface area contributed by atoms with Gasteiger partial charge in [-0.1, -0.05) is 65.0 Å². The van der Waals surface area contributed by atoms with E-state index in [0.717, 1.165) is 5.57 Å². The van der Waals surface area contributed by atoms with Gasteiger partial charge in [0.25, 0.3) is 0 Å². The van der Waals surface area contributed by atoms with Gasteiger partial charge in [-0.3, -0.25) is 0 Å². The van der Waals surface area contributed by atoms with E-state index in [1.54, 1.807) is 40.2 Å². The first-order chi connectivity index (χ1) is 29.3. The molecule has 0 radical (unpaired) electrons. The topological polar surface area (TPSA) is 190 Å². The molecule has 4 saturated heterocycles. The third-order valence-electron chi connectivity index (χ3n) is 14.5. The molecule has 15 nitrogen and oxygen atoms in total. The maximum Gasteiger partial charge on any atom is 0.341 e. The number of aliphatic hydroxyl groups excluding tert-OH is 2. The van der Waals surface area contributed by atoms with Crippen LogP contribution in [0.25, 0.3) is 0 Å². The van der Waals surface area contributed by atoms with Crippen molar-refractivity contribution in [3.05, 3.63) is 47.6 Å². The van der Waals surface area contributed by atoms with Gasteiger partial charge in [0.15, 0.2) is 29.6 Å². The van der Waals surface area contributed by atoms with Gasteiger partial charge in [0.1, 0.15) is 24.4 Å². The fourth-order valence-electron chi connectivity index (χ4n) is 10.9. The zero-order valence-corrected chi connectivity index (χ0v) is 38.1. The van der Waals surface area contributed by atoms with E-state index >= 15 is 0 Å². The second kappa shape index (κ2) is 19.0. The van der Waals surface area contributed by atoms with E-state index in [2.05, 4.69) is 32.9 Å². The van der Waals surface area contributed by atoms with Crippen molar-refractivity contribution in [2.45, 2.75) is 197 Å². The summed E-state index contributed by atoms with van der Waals surface area (Å²) >= 11 is 0. The molecule has 0 aromatic carbocycles. The summed E-state index contributed by atoms with van der Waals surface area (Å²) in [5, 5.41) is 46.7. The van der Waals surface area contributed by atoms with Crippen molar-refractivity contribution in [2.75, 3.05) is 20.8 Å². The lowest BCUT2D eigenvalue weighted by molar-refractivity contribution is -0.318. The van der Waals surface area contributed by atoms with Crippen molar-refractivity contribution >= 4 is 5.97 Å². The molecule has 0 aromatic heterocycles. The van der Waals surface area contributed by atoms with Crippen LogP contribution in [0, 0.1) is 23.7 Å². The number of hydrogen-bond donors (Lipinski definition) is 4. The smallest absolute Gasteiger partial charge is 0.341 e. The Labute approximate surface area is 366 Å². The predicted molar refractivity (Wildman–Crippen MR) is 224 cm³/mol. The van der Waals surface area contributed by atoms with Gasteiger partial charge < -0.3 is 67.8 Å². The molecule has 7 aliphatic rings. The fourth-order valence-corrected chi connectivity index (χ4v) is 10.9. The first-order valence-electron chi connectivity index (χ1n) is 22.7. The van der Waals surface area contributed by atoms with Gasteiger partial charge in [-0.15, -0.1) is 0 Å². The first-order valence-corrected chi connectivity index (χ1v) is 22.7. The molecule has 350 valence electrons. The van der Waals surface area contributed by atoms with Crippen LogP contribution in [0.15, 0.2) is 47.6 Å². The van der Waals surface area contributed by atoms with Gasteiger partial charge in [0.2, 0.25) is 0 Å². The molecule has 15 heteroatoms. The van der Waals surface area contributed by atoms with Crippen LogP contribution in [0.1, 0.15) is 93.9 Å². The van der Waals surface area contributed by atoms with Crippen LogP contribution < -0.4 is 0 Å². The molecule has 2 bridgehead atoms. The van der Waals surface area contributed by atoms with Crippen LogP contribution in [-0.2, 0) is 52.2 Å². The molecule has 0 aromatic rings. The molecule has 7 rings (SSSR count). The Morgan fingerprint density at radius 3 is 2.23 bits per heavy atom. The van der Waals surface area contributed by atoms with Gasteiger partial charge in [-0.25, -0.2) is 4.79 Å². The van der Waals surface area contributed by atoms with E-state index in [4.69, 9.17) is 47.4 Å². The lowest BCUT2D eigenvalue weighted by Crippen LogP contribution is -2.71. The second-order valence-corrected chi connectivity index (χ2v) is 19.4. The van der Waals surface area contributed by atoms with Gasteiger partial charge in [0, 0.05) is 51.7 Å². The molecule has 1 saturated carbocycles. The van der Waals surface area contributed by atoms with Crippen molar-refractivity contribution in [3.8, 4) is 0 Å². The van der Waals surface area contributed by atoms with Crippen molar-refractivity contribution in [1.82, 2.24) is 0 Å². The van der Waals surface area contributed by atoms with E-state index in [-0.39, 0.29) is 48.9 Å². The van der Waals surface area contributed by atoms with Crippen molar-refractivity contribution in [1.29, 1.82) is 0 Å². The summed E-state index contributed by atoms with van der Waals surface area (Å²) in [4.78, 5) is 14.4. The Balaban J connectivity index is 1.19. The summed E-state index contributed by atoms with van der Waals surface area (Å²) in [6.07, 6.45) is 4.26. The molecule has 20 atom stereocenters. The van der Waals surface area contributed by atoms with E-state index in [1.807, 2.05) is 32.9 Å². The Morgan fingerprint density at radius 2 is 1.52 bits per heavy atom. The molecule has 0 amide bonds. The number of ether oxygens (including phenoxy) is 10. The highest BCUT2D eigenvalue weighted by Crippen LogP contribution is 2.51. The number of allylic oxidation sites excluding steroid dienone is 2. The lowest BCUT2D eigenvalue weighted by atomic mass is 9.63. The summed E-state index contributed by atoms with van der Waals surface area (Å²) in [6.45, 7) is 15.6. The highest BCUT2D eigenvalue weighted by molar-refractivity contribution is 5.83. The van der Waals surface area contributed by atoms with Crippen LogP contribution in [0.4, 0.5) is 0 Å². The van der Waals surface area contributed by atoms with Gasteiger partial charge in [0.05, 0.1) is 55.4 Å². The first kappa shape index (κ1) is 47.9. The number of fused-ring (bicyclic) bond motifs is 2. The van der Waals surface area contributed by atoms with Crippen molar-refractivity contribution in [3.63, 3.8) is 0 Å². The van der Waals surface area contributed by atoms with Gasteiger partial charge in [-0.2, -0.15) is 0 Å². The van der Waals surface area contributed by atoms with Crippen LogP contribution in [-0.4, -0.2) is 150 Å². The standard InChI is InChI=1S/C47H72O15/c1-24(2)40-27(5)16-17-45(62-40)22-33-18-32(61-45)15-14-26(4)41(59-37-20-35(54-10)42(30(8)57-37)60-36-19-34(53-9)39(49)29(7)56-36)25(3)12-11-13-31-23-55-43-38(48)28(6)21-46(51,44(50)58-33)47(31,43)52/h11-14,16-17,24-25,27-30,32-43,48-49,51-52H,15,18-23H2,1-10H3/b12-11+,26-14+,31-13+/t25-,27-,28-,29-,30-,32+,33-,34-,35-,36-,37-,38+,39-,40+,41-,42-,43+,45+,46+,47-/m0/s1. The van der Waals surface area contributed by atoms with Crippen LogP contribution >= 0.6 is 0 Å². The largest absolute Gasteiger partial charge is 0.460 e. The molecule has 6 aliphatic heterocycles. The lowest BCUT2D eigenvalue weighted by Gasteiger charge is -2.51. The van der Waals surface area contributed by atoms with E-state index < -0.39 is 109 Å². The minimum atomic E-state index is -2.42. The van der Waals surface area contributed by atoms with Crippen LogP contribution in [0.3, 0.4) is 0 Å². The summed E-state index contributed by atoms with van der Waals surface area (Å²) in [7, 11) is 3.19. The minimum absolute atomic E-state index is 0.110. The summed E-state index contributed by atoms with van der Waals surface area (Å²) in [6, 6.07) is 0. The Hall–Kier alpha value is -2.09. The highest BCUT2D eigenvalue weighted by atomic mass is 16.7. The summed E-state index contributed by atoms with van der Waals surface area (Å²) in [5.74, 6) is -2.69. The quantitative estimate of drug-likeness (QED) is 0.210. The average Bonchev–Trinajstić information content (AvgIpc) is 3.57. The Morgan fingerprint density at radius 1 is 0.823 bits per heavy atom. The molecular weight excluding hydrogens is 805 g/mol. The fraction of sp³-hybridized carbons (Fsp3) is 0.809. The summed E-state index contributed by atoms with van der Waals surface area (Å²) < 4.78 is 63.2. The molecule has 4 N–H and O–H groups in total. The Bertz CT molecular complexity index is 1700. The SMILES string of the molecule is CO[C@H]1C[C@H](O[C@H]2[C@H](C)O[C@@H](O[C@@H]3/C(C)=C/C[C@@H]4C[C@@H](C[C@]5(C=C[C@H](C)[C@@H](C(C)C)O5)O4)OC(=O)[C@]4(O)C[C@H](C)[C@@H](O)[C@H]5OC/C(=C\C=C\[C@@H]3C)[C@]54O)C[C@@H]2OC)O[C@@H](C)[C@@H]1O. The number of carbonyl (C=O) groups excluding carboxylic acids is 1. The van der Waals surface area contributed by atoms with Gasteiger partial charge in [-0.05, 0) is 62.7 Å². The minimum Gasteiger partial charge on any atom is -0.460 e. The number of hydrogen-bond acceptors (Lipinski definition) is 15. The molecule has 6 heterocycles. The predicted octanol–water partition coefficient (Wildman–Crippen LogP) is 4.18. The number of carbonyl (C=O) groups is 1. The third kappa shape index (κ3) is 9.18. The van der Waals surface area contributed by atoms with Crippen molar-refractivity contribution < 1.29 is 72.6 Å². The van der Waals surface area contributed by atoms with Gasteiger partial charge >= 0.3 is 5.97 Å². The number of esters is 1. The van der Waals surface area contributed by atoms with Crippen molar-refractivity contribution in [2.24, 2.45) is 23.7 Å². The number of aliphatic hydroxyl groups is 4. The highest BCUT2D eigenvalue weighted by Gasteiger charge is 2.70. The Kier molecular flexibility index (Phi) is 14.7. The van der Waals surface area contributed by atoms with E-state index in [1.165, 1.54) is 0 Å². The average molecular weight is 877 g/mol. The number of rotatable bonds is 7. The van der Waals surface area contributed by atoms with E-state index in [9.17, 15) is 25.2 Å². The molecule has 5 fully saturated rings. The monoisotopic (exact) mass is 876 g/mol. The third-order valence-corrected chi connectivity index (χ3v) is 14.5.